The Balaban J connectivity index is 1.94. The number of nitrogens with zero attached hydrogens (tertiary/aromatic N) is 2. The summed E-state index contributed by atoms with van der Waals surface area (Å²) >= 11 is 0.889. The lowest BCUT2D eigenvalue weighted by molar-refractivity contribution is -0.140. The van der Waals surface area contributed by atoms with Gasteiger partial charge >= 0.3 is 12.8 Å². The average Bonchev–Trinajstić information content (AvgIpc) is 3.13. The van der Waals surface area contributed by atoms with Gasteiger partial charge in [-0.15, -0.1) is 11.3 Å². The van der Waals surface area contributed by atoms with Gasteiger partial charge in [0.15, 0.2) is 23.2 Å². The summed E-state index contributed by atoms with van der Waals surface area (Å²) in [5.41, 5.74) is -0.233. The first-order valence-corrected chi connectivity index (χ1v) is 9.27. The van der Waals surface area contributed by atoms with Crippen molar-refractivity contribution in [3.05, 3.63) is 39.8 Å². The molecule has 1 heterocycles. The Morgan fingerprint density at radius 2 is 1.93 bits per heavy atom. The molecule has 160 valence electrons. The zero-order chi connectivity index (χ0) is 21.4. The molecule has 1 aromatic heterocycles. The molecule has 0 aliphatic rings. The molecule has 12 heteroatoms. The van der Waals surface area contributed by atoms with E-state index in [0.717, 1.165) is 16.7 Å². The summed E-state index contributed by atoms with van der Waals surface area (Å²) < 4.78 is 72.4. The molecule has 0 saturated carbocycles. The van der Waals surface area contributed by atoms with Crippen LogP contribution in [-0.2, 0) is 19.3 Å². The van der Waals surface area contributed by atoms with Gasteiger partial charge in [0, 0.05) is 19.0 Å². The van der Waals surface area contributed by atoms with Crippen LogP contribution in [0.2, 0.25) is 0 Å². The molecule has 1 aromatic carbocycles. The minimum Gasteiger partial charge on any atom is -0.490 e. The SMILES string of the molecule is CCOc1cc(CNC(=NC)NCc2nc(C(F)(F)F)cs2)ccc1OC(F)F. The van der Waals surface area contributed by atoms with Gasteiger partial charge in [0.05, 0.1) is 13.2 Å². The molecule has 0 atom stereocenters. The van der Waals surface area contributed by atoms with Gasteiger partial charge in [-0.3, -0.25) is 4.99 Å². The van der Waals surface area contributed by atoms with Crippen molar-refractivity contribution < 1.29 is 31.4 Å². The predicted octanol–water partition coefficient (Wildman–Crippen LogP) is 4.03. The number of hydrogen-bond donors (Lipinski definition) is 2. The summed E-state index contributed by atoms with van der Waals surface area (Å²) in [6.45, 7) is -0.657. The largest absolute Gasteiger partial charge is 0.490 e. The smallest absolute Gasteiger partial charge is 0.434 e. The standard InChI is InChI=1S/C17H19F5N4O2S/c1-3-27-12-6-10(4-5-11(12)28-15(18)19)7-24-16(23-2)25-8-14-26-13(9-29-14)17(20,21)22/h4-6,9,15H,3,7-8H2,1-2H3,(H2,23,24,25). The van der Waals surface area contributed by atoms with Crippen LogP contribution in [-0.4, -0.2) is 31.2 Å². The number of rotatable bonds is 8. The second-order valence-corrected chi connectivity index (χ2v) is 6.44. The monoisotopic (exact) mass is 438 g/mol. The van der Waals surface area contributed by atoms with E-state index in [0.29, 0.717) is 11.5 Å². The van der Waals surface area contributed by atoms with Crippen molar-refractivity contribution in [1.29, 1.82) is 0 Å². The quantitative estimate of drug-likeness (QED) is 0.370. The zero-order valence-electron chi connectivity index (χ0n) is 15.5. The van der Waals surface area contributed by atoms with E-state index in [1.54, 1.807) is 19.1 Å². The second-order valence-electron chi connectivity index (χ2n) is 5.50. The second kappa shape index (κ2) is 10.2. The fourth-order valence-corrected chi connectivity index (χ4v) is 2.95. The first kappa shape index (κ1) is 22.7. The van der Waals surface area contributed by atoms with Gasteiger partial charge in [0.2, 0.25) is 0 Å². The van der Waals surface area contributed by atoms with Crippen molar-refractivity contribution >= 4 is 17.3 Å². The molecule has 0 aliphatic heterocycles. The molecule has 2 rings (SSSR count). The maximum Gasteiger partial charge on any atom is 0.434 e. The third-order valence-corrected chi connectivity index (χ3v) is 4.31. The molecule has 0 unspecified atom stereocenters. The van der Waals surface area contributed by atoms with Gasteiger partial charge < -0.3 is 20.1 Å². The highest BCUT2D eigenvalue weighted by molar-refractivity contribution is 7.09. The van der Waals surface area contributed by atoms with Gasteiger partial charge in [0.25, 0.3) is 0 Å². The highest BCUT2D eigenvalue weighted by Crippen LogP contribution is 2.30. The minimum atomic E-state index is -4.48. The Kier molecular flexibility index (Phi) is 8.00. The predicted molar refractivity (Wildman–Crippen MR) is 98.4 cm³/mol. The lowest BCUT2D eigenvalue weighted by Gasteiger charge is -2.14. The van der Waals surface area contributed by atoms with Gasteiger partial charge in [-0.2, -0.15) is 22.0 Å². The van der Waals surface area contributed by atoms with Crippen LogP contribution in [0.1, 0.15) is 23.2 Å². The first-order chi connectivity index (χ1) is 13.7. The van der Waals surface area contributed by atoms with Crippen LogP contribution < -0.4 is 20.1 Å². The Hall–Kier alpha value is -2.63. The van der Waals surface area contributed by atoms with Gasteiger partial charge in [0.1, 0.15) is 5.01 Å². The fourth-order valence-electron chi connectivity index (χ4n) is 2.21. The summed E-state index contributed by atoms with van der Waals surface area (Å²) in [4.78, 5) is 7.51. The summed E-state index contributed by atoms with van der Waals surface area (Å²) in [5.74, 6) is 0.439. The molecule has 0 fully saturated rings. The number of halogens is 5. The molecule has 29 heavy (non-hydrogen) atoms. The fraction of sp³-hybridized carbons (Fsp3) is 0.412. The summed E-state index contributed by atoms with van der Waals surface area (Å²) in [6.07, 6.45) is -4.48. The van der Waals surface area contributed by atoms with E-state index < -0.39 is 18.5 Å². The van der Waals surface area contributed by atoms with Gasteiger partial charge in [-0.25, -0.2) is 4.98 Å². The average molecular weight is 438 g/mol. The van der Waals surface area contributed by atoms with Crippen LogP contribution >= 0.6 is 11.3 Å². The zero-order valence-corrected chi connectivity index (χ0v) is 16.3. The van der Waals surface area contributed by atoms with Crippen LogP contribution in [0.4, 0.5) is 22.0 Å². The Morgan fingerprint density at radius 3 is 2.52 bits per heavy atom. The van der Waals surface area contributed by atoms with Crippen LogP contribution in [0.25, 0.3) is 0 Å². The Bertz CT molecular complexity index is 826. The number of hydrogen-bond acceptors (Lipinski definition) is 5. The van der Waals surface area contributed by atoms with E-state index in [1.165, 1.54) is 13.1 Å². The van der Waals surface area contributed by atoms with Gasteiger partial charge in [-0.1, -0.05) is 6.07 Å². The van der Waals surface area contributed by atoms with E-state index in [2.05, 4.69) is 25.3 Å². The molecule has 6 nitrogen and oxygen atoms in total. The van der Waals surface area contributed by atoms with Gasteiger partial charge in [-0.05, 0) is 24.6 Å². The van der Waals surface area contributed by atoms with E-state index in [1.807, 2.05) is 0 Å². The molecule has 0 spiro atoms. The number of ether oxygens (including phenoxy) is 2. The van der Waals surface area contributed by atoms with Crippen molar-refractivity contribution in [3.63, 3.8) is 0 Å². The molecule has 0 saturated heterocycles. The van der Waals surface area contributed by atoms with Crippen LogP contribution in [0.15, 0.2) is 28.6 Å². The number of aromatic nitrogens is 1. The maximum atomic E-state index is 12.6. The summed E-state index contributed by atoms with van der Waals surface area (Å²) in [6, 6.07) is 4.51. The van der Waals surface area contributed by atoms with Crippen molar-refractivity contribution in [2.24, 2.45) is 4.99 Å². The number of alkyl halides is 5. The van der Waals surface area contributed by atoms with Crippen LogP contribution in [0, 0.1) is 0 Å². The van der Waals surface area contributed by atoms with Crippen LogP contribution in [0.3, 0.4) is 0 Å². The lowest BCUT2D eigenvalue weighted by atomic mass is 10.2. The first-order valence-electron chi connectivity index (χ1n) is 8.39. The molecule has 0 aliphatic carbocycles. The highest BCUT2D eigenvalue weighted by Gasteiger charge is 2.33. The van der Waals surface area contributed by atoms with Crippen molar-refractivity contribution in [2.45, 2.75) is 32.8 Å². The molecule has 2 aromatic rings. The normalized spacial score (nSPS) is 12.2. The summed E-state index contributed by atoms with van der Waals surface area (Å²) in [7, 11) is 1.50. The number of thiazole rings is 1. The molecule has 0 bridgehead atoms. The summed E-state index contributed by atoms with van der Waals surface area (Å²) in [5, 5.41) is 7.04. The van der Waals surface area contributed by atoms with Crippen molar-refractivity contribution in [2.75, 3.05) is 13.7 Å². The van der Waals surface area contributed by atoms with E-state index in [-0.39, 0.29) is 36.2 Å². The maximum absolute atomic E-state index is 12.6. The molecule has 2 N–H and O–H groups in total. The molecular formula is C17H19F5N4O2S. The number of aliphatic imine (C=N–C) groups is 1. The highest BCUT2D eigenvalue weighted by atomic mass is 32.1. The number of nitrogens with one attached hydrogen (secondary N) is 2. The van der Waals surface area contributed by atoms with E-state index in [9.17, 15) is 22.0 Å². The Morgan fingerprint density at radius 1 is 1.21 bits per heavy atom. The Labute approximate surface area is 167 Å². The van der Waals surface area contributed by atoms with E-state index >= 15 is 0 Å². The molecule has 0 amide bonds. The number of guanidine groups is 1. The number of benzene rings is 1. The lowest BCUT2D eigenvalue weighted by Crippen LogP contribution is -2.36. The van der Waals surface area contributed by atoms with Crippen LogP contribution in [0.5, 0.6) is 11.5 Å². The molecular weight excluding hydrogens is 419 g/mol. The third kappa shape index (κ3) is 7.04. The van der Waals surface area contributed by atoms with Crippen molar-refractivity contribution in [3.8, 4) is 11.5 Å². The van der Waals surface area contributed by atoms with E-state index in [4.69, 9.17) is 4.74 Å². The molecule has 0 radical (unpaired) electrons. The topological polar surface area (TPSA) is 67.8 Å². The third-order valence-electron chi connectivity index (χ3n) is 3.46. The minimum absolute atomic E-state index is 0.0613. The van der Waals surface area contributed by atoms with Crippen molar-refractivity contribution in [1.82, 2.24) is 15.6 Å².